The second kappa shape index (κ2) is 11.3. The van der Waals surface area contributed by atoms with Gasteiger partial charge < -0.3 is 24.1 Å². The van der Waals surface area contributed by atoms with Gasteiger partial charge in [-0.3, -0.25) is 14.6 Å². The molecule has 0 radical (unpaired) electrons. The fourth-order valence-corrected chi connectivity index (χ4v) is 4.33. The number of hydrogen-bond acceptors (Lipinski definition) is 9. The average molecular weight is 589 g/mol. The first-order chi connectivity index (χ1) is 20.0. The van der Waals surface area contributed by atoms with Crippen LogP contribution in [-0.2, 0) is 26.2 Å². The number of ether oxygens (including phenoxy) is 3. The molecule has 0 aliphatic heterocycles. The van der Waals surface area contributed by atoms with Gasteiger partial charge in [-0.15, -0.1) is 0 Å². The first-order valence-electron chi connectivity index (χ1n) is 12.7. The van der Waals surface area contributed by atoms with Gasteiger partial charge in [0, 0.05) is 30.7 Å². The van der Waals surface area contributed by atoms with Gasteiger partial charge in [-0.1, -0.05) is 17.3 Å². The van der Waals surface area contributed by atoms with Crippen LogP contribution in [0.1, 0.15) is 31.1 Å². The molecule has 42 heavy (non-hydrogen) atoms. The van der Waals surface area contributed by atoms with Crippen LogP contribution in [0.3, 0.4) is 0 Å². The van der Waals surface area contributed by atoms with Gasteiger partial charge in [0.25, 0.3) is 0 Å². The molecule has 220 valence electrons. The van der Waals surface area contributed by atoms with Crippen LogP contribution in [0.2, 0.25) is 0 Å². The third-order valence-electron chi connectivity index (χ3n) is 6.72. The highest BCUT2D eigenvalue weighted by atomic mass is 19.4. The number of benzene rings is 2. The maximum Gasteiger partial charge on any atom is 0.401 e. The lowest BCUT2D eigenvalue weighted by Gasteiger charge is -2.14. The van der Waals surface area contributed by atoms with Gasteiger partial charge in [0.2, 0.25) is 5.91 Å². The van der Waals surface area contributed by atoms with Crippen molar-refractivity contribution in [1.29, 1.82) is 0 Å². The zero-order valence-corrected chi connectivity index (χ0v) is 22.4. The van der Waals surface area contributed by atoms with E-state index in [1.54, 1.807) is 18.2 Å². The molecule has 10 nitrogen and oxygen atoms in total. The summed E-state index contributed by atoms with van der Waals surface area (Å²) in [4.78, 5) is 32.3. The molecule has 1 fully saturated rings. The smallest absolute Gasteiger partial charge is 0.401 e. The topological polar surface area (TPSA) is 126 Å². The number of alkyl halides is 3. The number of nitrogens with zero attached hydrogens (tertiary/aromatic N) is 3. The summed E-state index contributed by atoms with van der Waals surface area (Å²) in [6.45, 7) is 1.47. The Balaban J connectivity index is 1.26. The Bertz CT molecular complexity index is 1650. The summed E-state index contributed by atoms with van der Waals surface area (Å²) in [7, 11) is 1.45. The molecule has 14 heteroatoms. The van der Waals surface area contributed by atoms with Crippen molar-refractivity contribution in [2.24, 2.45) is 0 Å². The molecular formula is C28H24F4N4O6. The third kappa shape index (κ3) is 5.97. The third-order valence-corrected chi connectivity index (χ3v) is 6.72. The number of carbonyl (C=O) groups excluding carboxylic acids is 2. The van der Waals surface area contributed by atoms with Crippen LogP contribution in [0.4, 0.5) is 23.4 Å². The van der Waals surface area contributed by atoms with Crippen molar-refractivity contribution in [1.82, 2.24) is 15.1 Å². The molecule has 0 unspecified atom stereocenters. The van der Waals surface area contributed by atoms with Gasteiger partial charge in [-0.05, 0) is 24.5 Å². The number of fused-ring (bicyclic) bond motifs is 1. The van der Waals surface area contributed by atoms with Crippen LogP contribution in [0.25, 0.3) is 22.3 Å². The molecule has 1 aliphatic carbocycles. The molecule has 0 bridgehead atoms. The van der Waals surface area contributed by atoms with Gasteiger partial charge >= 0.3 is 12.1 Å². The van der Waals surface area contributed by atoms with E-state index in [0.29, 0.717) is 33.8 Å². The van der Waals surface area contributed by atoms with Crippen molar-refractivity contribution in [3.05, 3.63) is 59.7 Å². The SMILES string of the molecule is COc1cc2nc(-c3ccc(CC(=O)Nc4cc(C5(C(F)(F)F)CC5)on4)c(F)c3)cnc2cc1OCCOC(C)=O. The van der Waals surface area contributed by atoms with Crippen molar-refractivity contribution in [3.63, 3.8) is 0 Å². The maximum absolute atomic E-state index is 15.0. The lowest BCUT2D eigenvalue weighted by Crippen LogP contribution is -2.28. The first kappa shape index (κ1) is 28.8. The lowest BCUT2D eigenvalue weighted by atomic mass is 10.0. The van der Waals surface area contributed by atoms with E-state index in [2.05, 4.69) is 20.4 Å². The summed E-state index contributed by atoms with van der Waals surface area (Å²) >= 11 is 0. The molecule has 2 aromatic heterocycles. The number of carbonyl (C=O) groups is 2. The molecule has 1 amide bonds. The molecule has 1 aliphatic rings. The molecule has 2 heterocycles. The Morgan fingerprint density at radius 3 is 2.50 bits per heavy atom. The average Bonchev–Trinajstić information content (AvgIpc) is 3.65. The summed E-state index contributed by atoms with van der Waals surface area (Å²) in [6.07, 6.45) is -3.64. The molecule has 2 aromatic carbocycles. The maximum atomic E-state index is 15.0. The van der Waals surface area contributed by atoms with Crippen molar-refractivity contribution in [3.8, 4) is 22.8 Å². The molecule has 4 aromatic rings. The fourth-order valence-electron chi connectivity index (χ4n) is 4.33. The van der Waals surface area contributed by atoms with Crippen LogP contribution in [0.15, 0.2) is 47.1 Å². The molecule has 1 saturated carbocycles. The second-order valence-corrected chi connectivity index (χ2v) is 9.62. The summed E-state index contributed by atoms with van der Waals surface area (Å²) in [5.41, 5.74) is -0.323. The van der Waals surface area contributed by atoms with E-state index >= 15 is 0 Å². The number of aromatic nitrogens is 3. The van der Waals surface area contributed by atoms with E-state index in [1.165, 1.54) is 32.4 Å². The van der Waals surface area contributed by atoms with Crippen molar-refractivity contribution >= 4 is 28.7 Å². The minimum Gasteiger partial charge on any atom is -0.493 e. The highest BCUT2D eigenvalue weighted by molar-refractivity contribution is 5.91. The number of methoxy groups -OCH3 is 1. The number of hydrogen-bond donors (Lipinski definition) is 1. The second-order valence-electron chi connectivity index (χ2n) is 9.62. The number of nitrogens with one attached hydrogen (secondary N) is 1. The Morgan fingerprint density at radius 2 is 1.83 bits per heavy atom. The molecule has 0 spiro atoms. The normalized spacial score (nSPS) is 14.0. The first-order valence-corrected chi connectivity index (χ1v) is 12.7. The highest BCUT2D eigenvalue weighted by Gasteiger charge is 2.66. The summed E-state index contributed by atoms with van der Waals surface area (Å²) in [6, 6.07) is 8.46. The van der Waals surface area contributed by atoms with Gasteiger partial charge in [-0.25, -0.2) is 9.37 Å². The Hall–Kier alpha value is -4.75. The molecular weight excluding hydrogens is 564 g/mol. The number of esters is 1. The Kier molecular flexibility index (Phi) is 7.71. The number of anilines is 1. The van der Waals surface area contributed by atoms with Crippen molar-refractivity contribution in [2.45, 2.75) is 37.8 Å². The van der Waals surface area contributed by atoms with E-state index in [4.69, 9.17) is 18.7 Å². The molecule has 0 saturated heterocycles. The van der Waals surface area contributed by atoms with Crippen LogP contribution in [0, 0.1) is 5.82 Å². The van der Waals surface area contributed by atoms with E-state index in [-0.39, 0.29) is 49.6 Å². The van der Waals surface area contributed by atoms with E-state index in [0.717, 1.165) is 6.07 Å². The highest BCUT2D eigenvalue weighted by Crippen LogP contribution is 2.59. The minimum atomic E-state index is -4.48. The van der Waals surface area contributed by atoms with Crippen molar-refractivity contribution < 1.29 is 45.9 Å². The largest absolute Gasteiger partial charge is 0.493 e. The van der Waals surface area contributed by atoms with Crippen LogP contribution in [0.5, 0.6) is 11.5 Å². The monoisotopic (exact) mass is 588 g/mol. The fraction of sp³-hybridized carbons (Fsp3) is 0.321. The summed E-state index contributed by atoms with van der Waals surface area (Å²) < 4.78 is 75.5. The minimum absolute atomic E-state index is 0.0554. The Morgan fingerprint density at radius 1 is 1.07 bits per heavy atom. The zero-order chi connectivity index (χ0) is 30.1. The molecule has 5 rings (SSSR count). The predicted molar refractivity (Wildman–Crippen MR) is 139 cm³/mol. The standard InChI is InChI=1S/C28H24F4N4O6/c1-15(37)40-7-8-41-23-11-19-20(12-22(23)39-2)34-21(14-33-19)17-4-3-16(18(29)9-17)10-26(38)35-25-13-24(42-36-25)27(5-6-27)28(30,31)32/h3-4,9,11-14H,5-8,10H2,1-2H3,(H,35,36,38). The van der Waals surface area contributed by atoms with Crippen LogP contribution < -0.4 is 14.8 Å². The number of halogens is 4. The van der Waals surface area contributed by atoms with Gasteiger partial charge in [0.15, 0.2) is 23.1 Å². The van der Waals surface area contributed by atoms with Gasteiger partial charge in [-0.2, -0.15) is 13.2 Å². The summed E-state index contributed by atoms with van der Waals surface area (Å²) in [5.74, 6) is -1.58. The summed E-state index contributed by atoms with van der Waals surface area (Å²) in [5, 5.41) is 5.86. The zero-order valence-electron chi connectivity index (χ0n) is 22.4. The predicted octanol–water partition coefficient (Wildman–Crippen LogP) is 5.15. The quantitative estimate of drug-likeness (QED) is 0.152. The van der Waals surface area contributed by atoms with Crippen LogP contribution in [-0.4, -0.2) is 53.5 Å². The van der Waals surface area contributed by atoms with E-state index in [1.807, 2.05) is 0 Å². The lowest BCUT2D eigenvalue weighted by molar-refractivity contribution is -0.165. The van der Waals surface area contributed by atoms with E-state index < -0.39 is 29.3 Å². The number of rotatable bonds is 10. The molecule has 1 N–H and O–H groups in total. The molecule has 0 atom stereocenters. The van der Waals surface area contributed by atoms with Gasteiger partial charge in [0.1, 0.15) is 24.4 Å². The Labute approximate surface area is 236 Å². The van der Waals surface area contributed by atoms with E-state index in [9.17, 15) is 27.2 Å². The van der Waals surface area contributed by atoms with Crippen LogP contribution >= 0.6 is 0 Å². The number of amides is 1. The van der Waals surface area contributed by atoms with Crippen molar-refractivity contribution in [2.75, 3.05) is 25.6 Å². The van der Waals surface area contributed by atoms with Gasteiger partial charge in [0.05, 0.1) is 36.5 Å².